The van der Waals surface area contributed by atoms with Crippen LogP contribution >= 0.6 is 0 Å². The maximum atomic E-state index is 12.8. The molecule has 0 unspecified atom stereocenters. The van der Waals surface area contributed by atoms with Gasteiger partial charge >= 0.3 is 6.03 Å². The van der Waals surface area contributed by atoms with Crippen molar-refractivity contribution in [3.8, 4) is 17.6 Å². The van der Waals surface area contributed by atoms with E-state index in [1.54, 1.807) is 24.1 Å². The van der Waals surface area contributed by atoms with Crippen molar-refractivity contribution in [1.82, 2.24) is 9.88 Å². The first kappa shape index (κ1) is 18.5. The number of anilines is 1. The van der Waals surface area contributed by atoms with Crippen LogP contribution in [-0.4, -0.2) is 42.5 Å². The standard InChI is InChI=1S/C19H20N4O4/c1-13(11-25-2)23(10-14-3-6-17-18(7-14)27-12-26-17)19(24)22-16-5-4-15(8-20)21-9-16/h3-7,9,13H,10-12H2,1-2H3,(H,22,24)/t13-/m1/s1. The fraction of sp³-hybridized carbons (Fsp3) is 0.316. The predicted octanol–water partition coefficient (Wildman–Crippen LogP) is 2.75. The number of carbonyl (C=O) groups is 1. The minimum absolute atomic E-state index is 0.160. The van der Waals surface area contributed by atoms with Crippen molar-refractivity contribution < 1.29 is 19.0 Å². The topological polar surface area (TPSA) is 96.7 Å². The van der Waals surface area contributed by atoms with Gasteiger partial charge in [-0.15, -0.1) is 0 Å². The number of fused-ring (bicyclic) bond motifs is 1. The summed E-state index contributed by atoms with van der Waals surface area (Å²) in [5, 5.41) is 11.6. The molecule has 0 aliphatic carbocycles. The fourth-order valence-corrected chi connectivity index (χ4v) is 2.72. The molecular formula is C19H20N4O4. The molecule has 2 amide bonds. The molecule has 0 spiro atoms. The van der Waals surface area contributed by atoms with Crippen LogP contribution in [0.2, 0.25) is 0 Å². The third-order valence-electron chi connectivity index (χ3n) is 4.12. The number of pyridine rings is 1. The zero-order valence-corrected chi connectivity index (χ0v) is 15.1. The number of hydrogen-bond donors (Lipinski definition) is 1. The lowest BCUT2D eigenvalue weighted by atomic mass is 10.1. The summed E-state index contributed by atoms with van der Waals surface area (Å²) in [5.74, 6) is 1.37. The second-order valence-electron chi connectivity index (χ2n) is 6.09. The number of methoxy groups -OCH3 is 1. The molecule has 1 aliphatic rings. The molecule has 1 aliphatic heterocycles. The Labute approximate surface area is 157 Å². The molecule has 0 saturated heterocycles. The lowest BCUT2D eigenvalue weighted by Crippen LogP contribution is -2.43. The first-order valence-electron chi connectivity index (χ1n) is 8.42. The molecule has 1 N–H and O–H groups in total. The zero-order chi connectivity index (χ0) is 19.2. The Kier molecular flexibility index (Phi) is 5.74. The number of amides is 2. The summed E-state index contributed by atoms with van der Waals surface area (Å²) in [6.45, 7) is 2.88. The van der Waals surface area contributed by atoms with Gasteiger partial charge in [-0.1, -0.05) is 6.07 Å². The Morgan fingerprint density at radius 2 is 2.19 bits per heavy atom. The Morgan fingerprint density at radius 1 is 1.37 bits per heavy atom. The number of urea groups is 1. The number of carbonyl (C=O) groups excluding carboxylic acids is 1. The lowest BCUT2D eigenvalue weighted by molar-refractivity contribution is 0.113. The molecule has 1 atom stereocenters. The zero-order valence-electron chi connectivity index (χ0n) is 15.1. The minimum atomic E-state index is -0.288. The summed E-state index contributed by atoms with van der Waals surface area (Å²) in [7, 11) is 1.59. The van der Waals surface area contributed by atoms with Gasteiger partial charge < -0.3 is 24.4 Å². The molecule has 0 bridgehead atoms. The van der Waals surface area contributed by atoms with E-state index in [1.165, 1.54) is 6.20 Å². The van der Waals surface area contributed by atoms with Crippen LogP contribution in [0, 0.1) is 11.3 Å². The third kappa shape index (κ3) is 4.46. The number of rotatable bonds is 6. The van der Waals surface area contributed by atoms with Crippen LogP contribution in [0.5, 0.6) is 11.5 Å². The molecule has 0 fully saturated rings. The van der Waals surface area contributed by atoms with Crippen LogP contribution in [0.25, 0.3) is 0 Å². The van der Waals surface area contributed by atoms with Crippen molar-refractivity contribution in [1.29, 1.82) is 5.26 Å². The highest BCUT2D eigenvalue weighted by atomic mass is 16.7. The van der Waals surface area contributed by atoms with Gasteiger partial charge in [0.15, 0.2) is 11.5 Å². The normalized spacial score (nSPS) is 12.9. The van der Waals surface area contributed by atoms with E-state index in [0.29, 0.717) is 30.3 Å². The highest BCUT2D eigenvalue weighted by Gasteiger charge is 2.22. The number of benzene rings is 1. The SMILES string of the molecule is COC[C@@H](C)N(Cc1ccc2c(c1)OCO2)C(=O)Nc1ccc(C#N)nc1. The quantitative estimate of drug-likeness (QED) is 0.842. The van der Waals surface area contributed by atoms with Crippen molar-refractivity contribution in [2.45, 2.75) is 19.5 Å². The number of aromatic nitrogens is 1. The molecule has 1 aromatic heterocycles. The number of nitrogens with one attached hydrogen (secondary N) is 1. The minimum Gasteiger partial charge on any atom is -0.454 e. The van der Waals surface area contributed by atoms with E-state index < -0.39 is 0 Å². The number of nitrogens with zero attached hydrogens (tertiary/aromatic N) is 3. The van der Waals surface area contributed by atoms with E-state index in [2.05, 4.69) is 10.3 Å². The summed E-state index contributed by atoms with van der Waals surface area (Å²) in [5.41, 5.74) is 1.72. The summed E-state index contributed by atoms with van der Waals surface area (Å²) >= 11 is 0. The Balaban J connectivity index is 1.75. The van der Waals surface area contributed by atoms with Gasteiger partial charge in [0.2, 0.25) is 6.79 Å². The third-order valence-corrected chi connectivity index (χ3v) is 4.12. The summed E-state index contributed by atoms with van der Waals surface area (Å²) in [6.07, 6.45) is 1.45. The van der Waals surface area contributed by atoms with Gasteiger partial charge in [-0.25, -0.2) is 9.78 Å². The first-order chi connectivity index (χ1) is 13.1. The molecule has 140 valence electrons. The monoisotopic (exact) mass is 368 g/mol. The van der Waals surface area contributed by atoms with E-state index in [9.17, 15) is 4.79 Å². The average Bonchev–Trinajstić information content (AvgIpc) is 3.14. The van der Waals surface area contributed by atoms with Crippen LogP contribution < -0.4 is 14.8 Å². The number of ether oxygens (including phenoxy) is 3. The van der Waals surface area contributed by atoms with Crippen LogP contribution in [0.3, 0.4) is 0 Å². The molecule has 2 heterocycles. The van der Waals surface area contributed by atoms with Crippen molar-refractivity contribution in [2.75, 3.05) is 25.8 Å². The molecule has 3 rings (SSSR count). The molecule has 8 nitrogen and oxygen atoms in total. The molecule has 1 aromatic carbocycles. The lowest BCUT2D eigenvalue weighted by Gasteiger charge is -2.29. The Morgan fingerprint density at radius 3 is 2.89 bits per heavy atom. The summed E-state index contributed by atoms with van der Waals surface area (Å²) in [6, 6.07) is 10.3. The molecule has 2 aromatic rings. The van der Waals surface area contributed by atoms with Gasteiger partial charge in [-0.2, -0.15) is 5.26 Å². The first-order valence-corrected chi connectivity index (χ1v) is 8.42. The highest BCUT2D eigenvalue weighted by molar-refractivity contribution is 5.89. The van der Waals surface area contributed by atoms with E-state index in [0.717, 1.165) is 5.56 Å². The predicted molar refractivity (Wildman–Crippen MR) is 97.4 cm³/mol. The van der Waals surface area contributed by atoms with Gasteiger partial charge in [0, 0.05) is 13.7 Å². The van der Waals surface area contributed by atoms with Gasteiger partial charge in [-0.3, -0.25) is 0 Å². The van der Waals surface area contributed by atoms with Crippen LogP contribution in [0.1, 0.15) is 18.2 Å². The number of nitriles is 1. The van der Waals surface area contributed by atoms with Crippen molar-refractivity contribution >= 4 is 11.7 Å². The fourth-order valence-electron chi connectivity index (χ4n) is 2.72. The van der Waals surface area contributed by atoms with E-state index >= 15 is 0 Å². The van der Waals surface area contributed by atoms with Gasteiger partial charge in [0.25, 0.3) is 0 Å². The van der Waals surface area contributed by atoms with Crippen LogP contribution in [-0.2, 0) is 11.3 Å². The number of hydrogen-bond acceptors (Lipinski definition) is 6. The molecular weight excluding hydrogens is 348 g/mol. The van der Waals surface area contributed by atoms with Crippen molar-refractivity contribution in [2.24, 2.45) is 0 Å². The van der Waals surface area contributed by atoms with E-state index in [-0.39, 0.29) is 24.6 Å². The van der Waals surface area contributed by atoms with Gasteiger partial charge in [0.1, 0.15) is 11.8 Å². The molecule has 0 radical (unpaired) electrons. The largest absolute Gasteiger partial charge is 0.454 e. The summed E-state index contributed by atoms with van der Waals surface area (Å²) in [4.78, 5) is 18.5. The maximum absolute atomic E-state index is 12.8. The highest BCUT2D eigenvalue weighted by Crippen LogP contribution is 2.33. The molecule has 0 saturated carbocycles. The Hall–Kier alpha value is -3.31. The second-order valence-corrected chi connectivity index (χ2v) is 6.09. The molecule has 27 heavy (non-hydrogen) atoms. The smallest absolute Gasteiger partial charge is 0.322 e. The molecule has 8 heteroatoms. The van der Waals surface area contributed by atoms with Gasteiger partial charge in [-0.05, 0) is 36.8 Å². The Bertz CT molecular complexity index is 848. The van der Waals surface area contributed by atoms with E-state index in [1.807, 2.05) is 31.2 Å². The van der Waals surface area contributed by atoms with Crippen LogP contribution in [0.4, 0.5) is 10.5 Å². The van der Waals surface area contributed by atoms with Crippen molar-refractivity contribution in [3.63, 3.8) is 0 Å². The average molecular weight is 368 g/mol. The van der Waals surface area contributed by atoms with Crippen molar-refractivity contribution in [3.05, 3.63) is 47.8 Å². The van der Waals surface area contributed by atoms with Crippen LogP contribution in [0.15, 0.2) is 36.5 Å². The van der Waals surface area contributed by atoms with E-state index in [4.69, 9.17) is 19.5 Å². The second kappa shape index (κ2) is 8.38. The van der Waals surface area contributed by atoms with Gasteiger partial charge in [0.05, 0.1) is 24.5 Å². The maximum Gasteiger partial charge on any atom is 0.322 e. The summed E-state index contributed by atoms with van der Waals surface area (Å²) < 4.78 is 15.9.